The minimum Gasteiger partial charge on any atom is -0.386 e. The van der Waals surface area contributed by atoms with Crippen molar-refractivity contribution in [1.29, 1.82) is 0 Å². The van der Waals surface area contributed by atoms with Crippen LogP contribution < -0.4 is 16.4 Å². The number of fused-ring (bicyclic) bond motifs is 1. The van der Waals surface area contributed by atoms with Gasteiger partial charge in [0.15, 0.2) is 22.8 Å². The fourth-order valence-corrected chi connectivity index (χ4v) is 10.2. The lowest BCUT2D eigenvalue weighted by atomic mass is 9.87. The van der Waals surface area contributed by atoms with Crippen LogP contribution in [0.15, 0.2) is 12.7 Å². The first-order valence-corrected chi connectivity index (χ1v) is 26.8. The molecule has 0 saturated carbocycles. The normalized spacial score (nSPS) is 21.4. The van der Waals surface area contributed by atoms with Crippen molar-refractivity contribution in [2.45, 2.75) is 130 Å². The van der Waals surface area contributed by atoms with Crippen molar-refractivity contribution >= 4 is 69.1 Å². The number of aromatic nitrogens is 4. The number of hydrogen-bond acceptors (Lipinski definition) is 18. The van der Waals surface area contributed by atoms with E-state index in [-0.39, 0.29) is 41.6 Å². The lowest BCUT2D eigenvalue weighted by molar-refractivity contribution is -0.137. The predicted octanol–water partition coefficient (Wildman–Crippen LogP) is 3.71. The summed E-state index contributed by atoms with van der Waals surface area (Å²) in [5.41, 5.74) is 4.28. The summed E-state index contributed by atoms with van der Waals surface area (Å²) in [6.45, 7) is 9.54. The first-order chi connectivity index (χ1) is 30.2. The quantitative estimate of drug-likeness (QED) is 0.0398. The molecule has 10 N–H and O–H groups in total. The van der Waals surface area contributed by atoms with E-state index >= 15 is 0 Å². The van der Waals surface area contributed by atoms with Crippen molar-refractivity contribution in [2.24, 2.45) is 23.2 Å². The molecule has 0 bridgehead atoms. The number of aliphatic hydroxyl groups excluding tert-OH is 2. The maximum absolute atomic E-state index is 12.7. The van der Waals surface area contributed by atoms with Gasteiger partial charge >= 0.3 is 23.5 Å². The number of hydrogen-bond donors (Lipinski definition) is 9. The Kier molecular flexibility index (Phi) is 22.6. The summed E-state index contributed by atoms with van der Waals surface area (Å²) < 4.78 is 62.4. The first kappa shape index (κ1) is 56.9. The molecule has 0 spiro atoms. The molecule has 24 nitrogen and oxygen atoms in total. The summed E-state index contributed by atoms with van der Waals surface area (Å²) >= 11 is 1.15. The van der Waals surface area contributed by atoms with Gasteiger partial charge in [0.1, 0.15) is 36.3 Å². The molecule has 2 aromatic rings. The molecule has 28 heteroatoms. The van der Waals surface area contributed by atoms with Crippen LogP contribution >= 0.6 is 35.2 Å². The predicted molar refractivity (Wildman–Crippen MR) is 237 cm³/mol. The molecule has 0 aliphatic carbocycles. The number of rotatable bonds is 30. The average molecular weight is 1010 g/mol. The van der Waals surface area contributed by atoms with Crippen molar-refractivity contribution in [1.82, 2.24) is 30.2 Å². The highest BCUT2D eigenvalue weighted by atomic mass is 32.2. The minimum absolute atomic E-state index is 0.0329. The summed E-state index contributed by atoms with van der Waals surface area (Å²) in [4.78, 5) is 88.5. The second-order valence-electron chi connectivity index (χ2n) is 17.3. The van der Waals surface area contributed by atoms with Gasteiger partial charge < -0.3 is 50.9 Å². The van der Waals surface area contributed by atoms with Crippen LogP contribution in [0, 0.1) is 23.2 Å². The number of carbonyl (C=O) groups excluding carboxylic acids is 3. The third-order valence-electron chi connectivity index (χ3n) is 10.5. The molecule has 1 aliphatic heterocycles. The summed E-state index contributed by atoms with van der Waals surface area (Å²) in [6, 6.07) is 0. The van der Waals surface area contributed by atoms with Gasteiger partial charge in [-0.15, -0.1) is 0 Å². The zero-order valence-corrected chi connectivity index (χ0v) is 41.0. The second-order valence-corrected chi connectivity index (χ2v) is 22.7. The highest BCUT2D eigenvalue weighted by Gasteiger charge is 2.50. The van der Waals surface area contributed by atoms with Gasteiger partial charge in [-0.2, -0.15) is 4.31 Å². The molecule has 2 unspecified atom stereocenters. The van der Waals surface area contributed by atoms with Crippen LogP contribution in [0.5, 0.6) is 0 Å². The summed E-state index contributed by atoms with van der Waals surface area (Å²) in [5, 5.41) is 26.7. The number of ether oxygens (including phenoxy) is 1. The van der Waals surface area contributed by atoms with Crippen LogP contribution in [-0.2, 0) is 50.7 Å². The first-order valence-electron chi connectivity index (χ1n) is 21.2. The van der Waals surface area contributed by atoms with Crippen LogP contribution in [0.25, 0.3) is 11.2 Å². The molecule has 0 radical (unpaired) electrons. The Labute approximate surface area is 382 Å². The average Bonchev–Trinajstić information content (AvgIpc) is 3.76. The topological polar surface area (TPSA) is 364 Å². The molecule has 9 atom stereocenters. The van der Waals surface area contributed by atoms with Crippen LogP contribution in [0.1, 0.15) is 106 Å². The summed E-state index contributed by atoms with van der Waals surface area (Å²) in [5.74, 6) is 0.872. The number of anilines is 1. The zero-order valence-electron chi connectivity index (χ0n) is 37.5. The van der Waals surface area contributed by atoms with Crippen molar-refractivity contribution < 1.29 is 80.5 Å². The minimum atomic E-state index is -5.58. The number of carbonyl (C=O) groups is 3. The highest BCUT2D eigenvalue weighted by Crippen LogP contribution is 2.61. The van der Waals surface area contributed by atoms with Gasteiger partial charge in [0.25, 0.3) is 0 Å². The van der Waals surface area contributed by atoms with E-state index in [0.717, 1.165) is 54.2 Å². The second kappa shape index (κ2) is 25.8. The van der Waals surface area contributed by atoms with E-state index in [0.29, 0.717) is 24.0 Å². The van der Waals surface area contributed by atoms with Gasteiger partial charge in [-0.05, 0) is 24.2 Å². The standard InChI is InChI=1S/C37H66N7O17P3S/c1-23(2)9-7-10-24(3)11-8-12-25(4)13-14-28(46)65-18-17-39-27(45)15-16-40-35(49)32(48)37(5,6)20-58-64(55,56)61-63(53,54)57-19-26-31(60-62(50,51)52)30(47)36(59-26)44-22-43-29-33(38)41-21-42-34(29)44/h21-26,30-32,36,47-48H,7-20H2,1-6H3,(H,39,45)(H,40,49)(H,53,54)(H,55,56)(H2,38,41,42)(H2,50,51,52)/t24-,25-,26-,30-,31-,32+,36-/m1/s1. The monoisotopic (exact) mass is 1010 g/mol. The number of nitrogens with two attached hydrogens (primary N) is 1. The van der Waals surface area contributed by atoms with Gasteiger partial charge in [0, 0.05) is 37.1 Å². The molecule has 1 aliphatic rings. The molecular weight excluding hydrogens is 939 g/mol. The van der Waals surface area contributed by atoms with E-state index in [1.165, 1.54) is 39.5 Å². The SMILES string of the molecule is CC(C)CCC[C@@H](C)CCC[C@@H](C)CCC(=O)SCCNC(=O)CCNC(=O)[C@H](O)C(C)(C)COP(=O)(O)OP(=O)(O)OC[C@H]1O[C@@H](n2cnc3c(N)ncnc32)[C@H](O)[C@@H]1OP(=O)(O)O. The maximum Gasteiger partial charge on any atom is 0.481 e. The molecule has 65 heavy (non-hydrogen) atoms. The fraction of sp³-hybridized carbons (Fsp3) is 0.784. The third-order valence-corrected chi connectivity index (χ3v) is 14.5. The molecule has 0 aromatic carbocycles. The van der Waals surface area contributed by atoms with E-state index < -0.39 is 84.6 Å². The van der Waals surface area contributed by atoms with Gasteiger partial charge in [-0.1, -0.05) is 91.8 Å². The molecular formula is C37H66N7O17P3S. The van der Waals surface area contributed by atoms with Gasteiger partial charge in [0.2, 0.25) is 11.8 Å². The number of nitrogen functional groups attached to an aromatic ring is 1. The molecule has 3 heterocycles. The summed E-state index contributed by atoms with van der Waals surface area (Å²) in [7, 11) is -16.4. The number of phosphoric acid groups is 3. The van der Waals surface area contributed by atoms with Crippen molar-refractivity contribution in [3.63, 3.8) is 0 Å². The van der Waals surface area contributed by atoms with E-state index in [2.05, 4.69) is 62.1 Å². The van der Waals surface area contributed by atoms with Crippen LogP contribution in [0.2, 0.25) is 0 Å². The van der Waals surface area contributed by atoms with Crippen molar-refractivity contribution in [3.8, 4) is 0 Å². The Bertz CT molecular complexity index is 2010. The molecule has 2 aromatic heterocycles. The molecule has 1 fully saturated rings. The number of imidazole rings is 1. The number of aliphatic hydroxyl groups is 2. The smallest absolute Gasteiger partial charge is 0.386 e. The Morgan fingerprint density at radius 2 is 1.54 bits per heavy atom. The zero-order chi connectivity index (χ0) is 48.8. The lowest BCUT2D eigenvalue weighted by Gasteiger charge is -2.30. The Morgan fingerprint density at radius 3 is 2.18 bits per heavy atom. The number of nitrogens with zero attached hydrogens (tertiary/aromatic N) is 4. The molecule has 1 saturated heterocycles. The lowest BCUT2D eigenvalue weighted by Crippen LogP contribution is -2.46. The number of nitrogens with one attached hydrogen (secondary N) is 2. The summed E-state index contributed by atoms with van der Waals surface area (Å²) in [6.07, 6.45) is 1.63. The van der Waals surface area contributed by atoms with E-state index in [1.807, 2.05) is 0 Å². The Hall–Kier alpha value is -2.44. The van der Waals surface area contributed by atoms with E-state index in [9.17, 15) is 57.9 Å². The van der Waals surface area contributed by atoms with Gasteiger partial charge in [-0.3, -0.25) is 32.5 Å². The van der Waals surface area contributed by atoms with Gasteiger partial charge in [0.05, 0.1) is 19.5 Å². The van der Waals surface area contributed by atoms with Crippen molar-refractivity contribution in [3.05, 3.63) is 12.7 Å². The van der Waals surface area contributed by atoms with Crippen LogP contribution in [-0.4, -0.2) is 123 Å². The van der Waals surface area contributed by atoms with E-state index in [1.54, 1.807) is 0 Å². The molecule has 2 amide bonds. The molecule has 3 rings (SSSR count). The Balaban J connectivity index is 1.36. The largest absolute Gasteiger partial charge is 0.481 e. The highest BCUT2D eigenvalue weighted by molar-refractivity contribution is 8.13. The van der Waals surface area contributed by atoms with E-state index in [4.69, 9.17) is 19.5 Å². The van der Waals surface area contributed by atoms with Crippen LogP contribution in [0.3, 0.4) is 0 Å². The number of thioether (sulfide) groups is 1. The Morgan fingerprint density at radius 1 is 0.908 bits per heavy atom. The number of amides is 2. The van der Waals surface area contributed by atoms with Gasteiger partial charge in [-0.25, -0.2) is 28.6 Å². The third kappa shape index (κ3) is 20.0. The van der Waals surface area contributed by atoms with Crippen LogP contribution in [0.4, 0.5) is 5.82 Å². The number of phosphoric ester groups is 3. The maximum atomic E-state index is 12.7. The van der Waals surface area contributed by atoms with Crippen molar-refractivity contribution in [2.75, 3.05) is 37.8 Å². The molecule has 372 valence electrons. The fourth-order valence-electron chi connectivity index (χ4n) is 6.71.